The molecule has 25 heavy (non-hydrogen) atoms. The first-order chi connectivity index (χ1) is 12.1. The first-order valence-corrected chi connectivity index (χ1v) is 9.79. The number of carbonyl (C=O) groups excluding carboxylic acids is 1. The summed E-state index contributed by atoms with van der Waals surface area (Å²) in [6, 6.07) is 9.99. The van der Waals surface area contributed by atoms with Crippen LogP contribution >= 0.6 is 11.8 Å². The molecule has 2 aromatic heterocycles. The zero-order chi connectivity index (χ0) is 17.8. The monoisotopic (exact) mass is 357 g/mol. The smallest absolute Gasteiger partial charge is 0.245 e. The molecule has 1 N–H and O–H groups in total. The first kappa shape index (κ1) is 17.5. The third-order valence-electron chi connectivity index (χ3n) is 4.25. The minimum atomic E-state index is -0.0736. The molecule has 1 aromatic carbocycles. The molecule has 0 fully saturated rings. The molecule has 0 spiro atoms. The van der Waals surface area contributed by atoms with E-state index in [0.29, 0.717) is 0 Å². The minimum Gasteiger partial charge on any atom is -0.318 e. The Morgan fingerprint density at radius 1 is 1.32 bits per heavy atom. The third-order valence-corrected chi connectivity index (χ3v) is 4.80. The van der Waals surface area contributed by atoms with Crippen molar-refractivity contribution in [2.45, 2.75) is 38.6 Å². The quantitative estimate of drug-likeness (QED) is 0.700. The molecule has 1 atom stereocenters. The van der Waals surface area contributed by atoms with Gasteiger partial charge in [0.2, 0.25) is 5.91 Å². The second-order valence-corrected chi connectivity index (χ2v) is 6.87. The first-order valence-electron chi connectivity index (χ1n) is 8.40. The highest BCUT2D eigenvalue weighted by Gasteiger charge is 2.15. The molecule has 3 rings (SSSR count). The van der Waals surface area contributed by atoms with E-state index in [1.54, 1.807) is 18.0 Å². The van der Waals surface area contributed by atoms with E-state index in [1.807, 2.05) is 45.8 Å². The highest BCUT2D eigenvalue weighted by Crippen LogP contribution is 2.20. The van der Waals surface area contributed by atoms with E-state index in [-0.39, 0.29) is 18.5 Å². The van der Waals surface area contributed by atoms with Crippen LogP contribution in [0.2, 0.25) is 0 Å². The molecule has 0 radical (unpaired) electrons. The Morgan fingerprint density at radius 2 is 2.12 bits per heavy atom. The van der Waals surface area contributed by atoms with E-state index in [1.165, 1.54) is 0 Å². The van der Waals surface area contributed by atoms with Crippen LogP contribution in [0.3, 0.4) is 0 Å². The van der Waals surface area contributed by atoms with Crippen molar-refractivity contribution in [1.29, 1.82) is 0 Å². The van der Waals surface area contributed by atoms with Crippen LogP contribution < -0.4 is 5.32 Å². The number of para-hydroxylation sites is 2. The summed E-state index contributed by atoms with van der Waals surface area (Å²) in [6.45, 7) is 4.43. The molecule has 132 valence electrons. The van der Waals surface area contributed by atoms with Gasteiger partial charge >= 0.3 is 0 Å². The molecule has 0 bridgehead atoms. The lowest BCUT2D eigenvalue weighted by Gasteiger charge is -2.15. The van der Waals surface area contributed by atoms with Gasteiger partial charge in [-0.05, 0) is 31.7 Å². The summed E-state index contributed by atoms with van der Waals surface area (Å²) in [5.74, 6) is 2.34. The van der Waals surface area contributed by atoms with Gasteiger partial charge in [0.15, 0.2) is 0 Å². The van der Waals surface area contributed by atoms with Gasteiger partial charge in [0.25, 0.3) is 0 Å². The number of hydrogen-bond acceptors (Lipinski definition) is 4. The number of rotatable bonds is 7. The molecule has 7 heteroatoms. The fourth-order valence-corrected chi connectivity index (χ4v) is 3.28. The summed E-state index contributed by atoms with van der Waals surface area (Å²) in [5.41, 5.74) is 1.90. The predicted octanol–water partition coefficient (Wildman–Crippen LogP) is 3.71. The van der Waals surface area contributed by atoms with Crippen molar-refractivity contribution >= 4 is 34.5 Å². The topological polar surface area (TPSA) is 64.7 Å². The summed E-state index contributed by atoms with van der Waals surface area (Å²) >= 11 is 1.70. The van der Waals surface area contributed by atoms with E-state index < -0.39 is 0 Å². The van der Waals surface area contributed by atoms with Crippen LogP contribution in [0.1, 0.15) is 32.1 Å². The average Bonchev–Trinajstić information content (AvgIpc) is 3.20. The van der Waals surface area contributed by atoms with Crippen molar-refractivity contribution in [3.05, 3.63) is 42.4 Å². The number of hydrogen-bond donors (Lipinski definition) is 1. The van der Waals surface area contributed by atoms with Gasteiger partial charge in [-0.1, -0.05) is 19.1 Å². The van der Waals surface area contributed by atoms with Crippen LogP contribution in [0.25, 0.3) is 11.0 Å². The lowest BCUT2D eigenvalue weighted by Crippen LogP contribution is -2.22. The highest BCUT2D eigenvalue weighted by atomic mass is 32.2. The van der Waals surface area contributed by atoms with Gasteiger partial charge in [0, 0.05) is 6.07 Å². The predicted molar refractivity (Wildman–Crippen MR) is 103 cm³/mol. The van der Waals surface area contributed by atoms with E-state index in [9.17, 15) is 4.79 Å². The number of carbonyl (C=O) groups is 1. The number of fused-ring (bicyclic) bond motifs is 1. The van der Waals surface area contributed by atoms with Crippen LogP contribution in [0, 0.1) is 0 Å². The van der Waals surface area contributed by atoms with Gasteiger partial charge in [0.05, 0.1) is 29.0 Å². The van der Waals surface area contributed by atoms with Gasteiger partial charge in [-0.2, -0.15) is 16.9 Å². The van der Waals surface area contributed by atoms with Crippen molar-refractivity contribution in [2.24, 2.45) is 0 Å². The Bertz CT molecular complexity index is 869. The van der Waals surface area contributed by atoms with Gasteiger partial charge in [0.1, 0.15) is 18.2 Å². The molecule has 0 saturated heterocycles. The number of imidazole rings is 1. The van der Waals surface area contributed by atoms with Gasteiger partial charge < -0.3 is 9.88 Å². The average molecular weight is 357 g/mol. The number of thioether (sulfide) groups is 1. The second kappa shape index (κ2) is 7.74. The number of nitrogens with one attached hydrogen (secondary N) is 1. The van der Waals surface area contributed by atoms with Crippen molar-refractivity contribution in [1.82, 2.24) is 19.3 Å². The van der Waals surface area contributed by atoms with Crippen LogP contribution in [-0.2, 0) is 17.1 Å². The minimum absolute atomic E-state index is 0.0736. The second-order valence-electron chi connectivity index (χ2n) is 6.00. The lowest BCUT2D eigenvalue weighted by molar-refractivity contribution is -0.116. The summed E-state index contributed by atoms with van der Waals surface area (Å²) in [7, 11) is 0. The normalized spacial score (nSPS) is 12.4. The van der Waals surface area contributed by atoms with Crippen LogP contribution in [0.15, 0.2) is 36.5 Å². The maximum absolute atomic E-state index is 12.6. The number of benzene rings is 1. The number of aromatic nitrogens is 4. The summed E-state index contributed by atoms with van der Waals surface area (Å²) in [5, 5.41) is 7.30. The fraction of sp³-hybridized carbons (Fsp3) is 0.389. The molecule has 0 saturated carbocycles. The largest absolute Gasteiger partial charge is 0.318 e. The molecule has 6 nitrogen and oxygen atoms in total. The van der Waals surface area contributed by atoms with E-state index in [2.05, 4.69) is 29.2 Å². The molecule has 0 aliphatic heterocycles. The third kappa shape index (κ3) is 3.71. The standard InChI is InChI=1S/C18H23N5OS/c1-4-13(2)23-16(9-10-19-23)21-18(24)11-22-15-8-6-5-7-14(15)20-17(22)12-25-3/h5-10,13H,4,11-12H2,1-3H3,(H,21,24). The molecule has 1 unspecified atom stereocenters. The molecular formula is C18H23N5OS. The number of anilines is 1. The molecule has 0 aliphatic rings. The summed E-state index contributed by atoms with van der Waals surface area (Å²) in [4.78, 5) is 17.3. The van der Waals surface area contributed by atoms with Crippen LogP contribution in [-0.4, -0.2) is 31.5 Å². The molecule has 1 amide bonds. The Hall–Kier alpha value is -2.28. The van der Waals surface area contributed by atoms with Crippen molar-refractivity contribution < 1.29 is 4.79 Å². The molecule has 3 aromatic rings. The molecule has 2 heterocycles. The van der Waals surface area contributed by atoms with Gasteiger partial charge in [-0.25, -0.2) is 9.67 Å². The lowest BCUT2D eigenvalue weighted by atomic mass is 10.3. The summed E-state index contributed by atoms with van der Waals surface area (Å²) in [6.07, 6.45) is 4.70. The molecule has 0 aliphatic carbocycles. The Kier molecular flexibility index (Phi) is 5.43. The Morgan fingerprint density at radius 3 is 2.88 bits per heavy atom. The zero-order valence-corrected chi connectivity index (χ0v) is 15.6. The SMILES string of the molecule is CCC(C)n1nccc1NC(=O)Cn1c(CSC)nc2ccccc21. The van der Waals surface area contributed by atoms with Crippen molar-refractivity contribution in [3.8, 4) is 0 Å². The van der Waals surface area contributed by atoms with Gasteiger partial charge in [-0.3, -0.25) is 4.79 Å². The molecular weight excluding hydrogens is 334 g/mol. The van der Waals surface area contributed by atoms with Crippen LogP contribution in [0.5, 0.6) is 0 Å². The van der Waals surface area contributed by atoms with E-state index in [0.717, 1.165) is 34.8 Å². The van der Waals surface area contributed by atoms with E-state index >= 15 is 0 Å². The van der Waals surface area contributed by atoms with Crippen molar-refractivity contribution in [2.75, 3.05) is 11.6 Å². The Balaban J connectivity index is 1.83. The zero-order valence-electron chi connectivity index (χ0n) is 14.8. The maximum Gasteiger partial charge on any atom is 0.245 e. The summed E-state index contributed by atoms with van der Waals surface area (Å²) < 4.78 is 3.85. The highest BCUT2D eigenvalue weighted by molar-refractivity contribution is 7.97. The maximum atomic E-state index is 12.6. The van der Waals surface area contributed by atoms with Gasteiger partial charge in [-0.15, -0.1) is 0 Å². The van der Waals surface area contributed by atoms with E-state index in [4.69, 9.17) is 0 Å². The fourth-order valence-electron chi connectivity index (χ4n) is 2.80. The number of nitrogens with zero attached hydrogens (tertiary/aromatic N) is 4. The number of amides is 1. The van der Waals surface area contributed by atoms with Crippen molar-refractivity contribution in [3.63, 3.8) is 0 Å². The van der Waals surface area contributed by atoms with Crippen LogP contribution in [0.4, 0.5) is 5.82 Å². The Labute approximate surface area is 151 Å².